The third-order valence-corrected chi connectivity index (χ3v) is 13.6. The van der Waals surface area contributed by atoms with Gasteiger partial charge in [-0.15, -0.1) is 0 Å². The van der Waals surface area contributed by atoms with Crippen molar-refractivity contribution in [1.29, 1.82) is 0 Å². The van der Waals surface area contributed by atoms with Gasteiger partial charge in [-0.3, -0.25) is 0 Å². The van der Waals surface area contributed by atoms with Crippen molar-refractivity contribution in [2.45, 2.75) is 19.3 Å². The van der Waals surface area contributed by atoms with E-state index in [2.05, 4.69) is 255 Å². The Kier molecular flexibility index (Phi) is 8.91. The van der Waals surface area contributed by atoms with Crippen LogP contribution >= 0.6 is 0 Å². The van der Waals surface area contributed by atoms with Crippen LogP contribution in [0.25, 0.3) is 65.7 Å². The highest BCUT2D eigenvalue weighted by Gasteiger charge is 2.45. The van der Waals surface area contributed by atoms with Gasteiger partial charge >= 0.3 is 0 Å². The second-order valence-corrected chi connectivity index (χ2v) is 17.4. The SMILES string of the molecule is Cc1cccc(N(c2cccc(C)c2)c2ccc3cc(-c4c5ccccc5c(-c5ccc(C6(c7ccccc7)c7ccccc7-c7ccccc76)cc5)c5ccccc45)ccc3c2)c1. The van der Waals surface area contributed by atoms with E-state index in [1.165, 1.54) is 99.1 Å². The molecule has 1 aliphatic rings. The summed E-state index contributed by atoms with van der Waals surface area (Å²) in [5.74, 6) is 0. The summed E-state index contributed by atoms with van der Waals surface area (Å²) in [6.45, 7) is 4.32. The van der Waals surface area contributed by atoms with Crippen LogP contribution in [0.3, 0.4) is 0 Å². The average molecular weight is 816 g/mol. The van der Waals surface area contributed by atoms with Crippen molar-refractivity contribution in [2.75, 3.05) is 4.90 Å². The van der Waals surface area contributed by atoms with E-state index in [-0.39, 0.29) is 0 Å². The number of fused-ring (bicyclic) bond motifs is 6. The van der Waals surface area contributed by atoms with Crippen molar-refractivity contribution in [2.24, 2.45) is 0 Å². The number of benzene rings is 11. The molecule has 0 atom stereocenters. The van der Waals surface area contributed by atoms with Crippen LogP contribution in [0.1, 0.15) is 33.4 Å². The van der Waals surface area contributed by atoms with Gasteiger partial charge in [0.15, 0.2) is 0 Å². The predicted molar refractivity (Wildman–Crippen MR) is 271 cm³/mol. The second kappa shape index (κ2) is 15.1. The Balaban J connectivity index is 0.995. The summed E-state index contributed by atoms with van der Waals surface area (Å²) in [5.41, 5.74) is 18.3. The van der Waals surface area contributed by atoms with Crippen LogP contribution in [0.15, 0.2) is 237 Å². The van der Waals surface area contributed by atoms with Crippen molar-refractivity contribution in [3.8, 4) is 33.4 Å². The highest BCUT2D eigenvalue weighted by atomic mass is 15.1. The van der Waals surface area contributed by atoms with Gasteiger partial charge in [0, 0.05) is 17.1 Å². The molecule has 11 aromatic carbocycles. The lowest BCUT2D eigenvalue weighted by Gasteiger charge is -2.34. The summed E-state index contributed by atoms with van der Waals surface area (Å²) >= 11 is 0. The molecule has 0 N–H and O–H groups in total. The maximum atomic E-state index is 2.38. The van der Waals surface area contributed by atoms with Gasteiger partial charge in [-0.1, -0.05) is 194 Å². The normalized spacial score (nSPS) is 12.7. The smallest absolute Gasteiger partial charge is 0.0713 e. The molecule has 0 fully saturated rings. The number of nitrogens with zero attached hydrogens (tertiary/aromatic N) is 1. The monoisotopic (exact) mass is 815 g/mol. The molecule has 302 valence electrons. The third kappa shape index (κ3) is 5.93. The fourth-order valence-electron chi connectivity index (χ4n) is 10.9. The van der Waals surface area contributed by atoms with Gasteiger partial charge in [-0.05, 0) is 155 Å². The first kappa shape index (κ1) is 37.7. The van der Waals surface area contributed by atoms with Gasteiger partial charge in [0.1, 0.15) is 0 Å². The zero-order chi connectivity index (χ0) is 42.8. The molecule has 12 rings (SSSR count). The van der Waals surface area contributed by atoms with Crippen molar-refractivity contribution < 1.29 is 0 Å². The fraction of sp³-hybridized carbons (Fsp3) is 0.0476. The van der Waals surface area contributed by atoms with E-state index in [4.69, 9.17) is 0 Å². The maximum absolute atomic E-state index is 2.38. The molecule has 64 heavy (non-hydrogen) atoms. The Morgan fingerprint density at radius 2 is 0.750 bits per heavy atom. The Labute approximate surface area is 375 Å². The number of aryl methyl sites for hydroxylation is 2. The number of rotatable bonds is 7. The molecule has 0 bridgehead atoms. The van der Waals surface area contributed by atoms with Crippen LogP contribution in [0.2, 0.25) is 0 Å². The van der Waals surface area contributed by atoms with E-state index in [0.717, 1.165) is 17.1 Å². The minimum Gasteiger partial charge on any atom is -0.310 e. The van der Waals surface area contributed by atoms with Gasteiger partial charge in [0.25, 0.3) is 0 Å². The van der Waals surface area contributed by atoms with Crippen LogP contribution in [0.4, 0.5) is 17.1 Å². The zero-order valence-corrected chi connectivity index (χ0v) is 36.0. The van der Waals surface area contributed by atoms with E-state index in [9.17, 15) is 0 Å². The Hall–Kier alpha value is -8.00. The third-order valence-electron chi connectivity index (χ3n) is 13.6. The first-order valence-electron chi connectivity index (χ1n) is 22.3. The summed E-state index contributed by atoms with van der Waals surface area (Å²) in [4.78, 5) is 2.37. The van der Waals surface area contributed by atoms with Crippen LogP contribution in [0, 0.1) is 13.8 Å². The second-order valence-electron chi connectivity index (χ2n) is 17.4. The molecule has 0 spiro atoms. The largest absolute Gasteiger partial charge is 0.310 e. The van der Waals surface area contributed by atoms with Crippen LogP contribution in [-0.2, 0) is 5.41 Å². The lowest BCUT2D eigenvalue weighted by molar-refractivity contribution is 0.768. The maximum Gasteiger partial charge on any atom is 0.0713 e. The molecule has 1 nitrogen and oxygen atoms in total. The first-order valence-corrected chi connectivity index (χ1v) is 22.3. The van der Waals surface area contributed by atoms with Crippen LogP contribution in [-0.4, -0.2) is 0 Å². The molecule has 0 saturated heterocycles. The number of anilines is 3. The molecule has 1 aliphatic carbocycles. The molecule has 0 aromatic heterocycles. The molecular weight excluding hydrogens is 771 g/mol. The Morgan fingerprint density at radius 1 is 0.312 bits per heavy atom. The number of hydrogen-bond acceptors (Lipinski definition) is 1. The quantitative estimate of drug-likeness (QED) is 0.145. The zero-order valence-electron chi connectivity index (χ0n) is 36.0. The summed E-state index contributed by atoms with van der Waals surface area (Å²) < 4.78 is 0. The van der Waals surface area contributed by atoms with E-state index in [1.54, 1.807) is 0 Å². The molecule has 11 aromatic rings. The summed E-state index contributed by atoms with van der Waals surface area (Å²) in [6.07, 6.45) is 0. The van der Waals surface area contributed by atoms with E-state index >= 15 is 0 Å². The predicted octanol–water partition coefficient (Wildman–Crippen LogP) is 16.9. The standard InChI is InChI=1S/C63H45N/c1-42-16-14-20-50(38-42)64(51-21-15-17-43(2)39-51)52-37-34-45-40-47(31-30-46(45)41-52)62-57-26-8-6-24-55(57)61(56-25-7-9-27-58(56)62)44-32-35-49(36-33-44)63(48-18-4-3-5-19-48)59-28-12-10-22-53(59)54-23-11-13-29-60(54)63/h3-41H,1-2H3. The van der Waals surface area contributed by atoms with Crippen molar-refractivity contribution >= 4 is 49.4 Å². The van der Waals surface area contributed by atoms with E-state index in [0.29, 0.717) is 0 Å². The first-order chi connectivity index (χ1) is 31.6. The summed E-state index contributed by atoms with van der Waals surface area (Å²) in [7, 11) is 0. The average Bonchev–Trinajstić information content (AvgIpc) is 3.64. The lowest BCUT2D eigenvalue weighted by atomic mass is 9.67. The molecule has 0 aliphatic heterocycles. The highest BCUT2D eigenvalue weighted by Crippen LogP contribution is 2.56. The van der Waals surface area contributed by atoms with Crippen molar-refractivity contribution in [3.63, 3.8) is 0 Å². The van der Waals surface area contributed by atoms with Crippen LogP contribution < -0.4 is 4.90 Å². The summed E-state index contributed by atoms with van der Waals surface area (Å²) in [6, 6.07) is 87.9. The van der Waals surface area contributed by atoms with Gasteiger partial charge in [0.05, 0.1) is 5.41 Å². The number of hydrogen-bond donors (Lipinski definition) is 0. The molecule has 0 unspecified atom stereocenters. The van der Waals surface area contributed by atoms with Crippen molar-refractivity contribution in [1.82, 2.24) is 0 Å². The van der Waals surface area contributed by atoms with Gasteiger partial charge in [-0.2, -0.15) is 0 Å². The van der Waals surface area contributed by atoms with E-state index in [1.807, 2.05) is 0 Å². The van der Waals surface area contributed by atoms with Crippen molar-refractivity contribution in [3.05, 3.63) is 270 Å². The molecule has 1 heteroatoms. The van der Waals surface area contributed by atoms with Gasteiger partial charge in [-0.25, -0.2) is 0 Å². The highest BCUT2D eigenvalue weighted by molar-refractivity contribution is 6.21. The van der Waals surface area contributed by atoms with E-state index < -0.39 is 5.41 Å². The molecule has 0 heterocycles. The fourth-order valence-corrected chi connectivity index (χ4v) is 10.9. The lowest BCUT2D eigenvalue weighted by Crippen LogP contribution is -2.28. The molecule has 0 amide bonds. The topological polar surface area (TPSA) is 3.24 Å². The Bertz CT molecular complexity index is 3430. The molecule has 0 radical (unpaired) electrons. The summed E-state index contributed by atoms with van der Waals surface area (Å²) in [5, 5.41) is 7.42. The van der Waals surface area contributed by atoms with Crippen LogP contribution in [0.5, 0.6) is 0 Å². The Morgan fingerprint density at radius 3 is 1.31 bits per heavy atom. The molecule has 0 saturated carbocycles. The van der Waals surface area contributed by atoms with Gasteiger partial charge in [0.2, 0.25) is 0 Å². The molecular formula is C63H45N. The van der Waals surface area contributed by atoms with Gasteiger partial charge < -0.3 is 4.90 Å². The minimum absolute atomic E-state index is 0.433. The minimum atomic E-state index is -0.433.